The third-order valence-corrected chi connectivity index (χ3v) is 4.20. The van der Waals surface area contributed by atoms with Gasteiger partial charge in [0.15, 0.2) is 11.5 Å². The molecule has 24 heavy (non-hydrogen) atoms. The number of hydrogen-bond donors (Lipinski definition) is 1. The number of nitrogens with one attached hydrogen (secondary N) is 1. The average molecular weight is 389 g/mol. The first-order valence-corrected chi connectivity index (χ1v) is 8.91. The van der Waals surface area contributed by atoms with Gasteiger partial charge < -0.3 is 14.8 Å². The van der Waals surface area contributed by atoms with E-state index in [9.17, 15) is 0 Å². The van der Waals surface area contributed by atoms with Crippen molar-refractivity contribution in [3.8, 4) is 11.5 Å². The lowest BCUT2D eigenvalue weighted by Crippen LogP contribution is -2.12. The summed E-state index contributed by atoms with van der Waals surface area (Å²) in [6.07, 6.45) is 0. The van der Waals surface area contributed by atoms with E-state index in [0.29, 0.717) is 33.2 Å². The Morgan fingerprint density at radius 1 is 0.958 bits per heavy atom. The highest BCUT2D eigenvalue weighted by molar-refractivity contribution is 6.35. The first-order valence-electron chi connectivity index (χ1n) is 7.77. The van der Waals surface area contributed by atoms with E-state index in [0.717, 1.165) is 24.2 Å². The molecule has 0 unspecified atom stereocenters. The fourth-order valence-corrected chi connectivity index (χ4v) is 2.94. The van der Waals surface area contributed by atoms with Crippen molar-refractivity contribution in [2.45, 2.75) is 27.0 Å². The molecule has 0 atom stereocenters. The van der Waals surface area contributed by atoms with Gasteiger partial charge in [0.2, 0.25) is 0 Å². The molecule has 3 nitrogen and oxygen atoms in total. The molecule has 130 valence electrons. The SMILES string of the molecule is CCNCc1cc(Cl)c(OCc2ccc(Cl)cc2Cl)c(OCC)c1. The van der Waals surface area contributed by atoms with Crippen LogP contribution in [-0.4, -0.2) is 13.2 Å². The summed E-state index contributed by atoms with van der Waals surface area (Å²) < 4.78 is 11.6. The molecule has 2 aromatic carbocycles. The molecule has 6 heteroatoms. The molecule has 0 saturated heterocycles. The highest BCUT2D eigenvalue weighted by Crippen LogP contribution is 2.37. The minimum atomic E-state index is 0.280. The second kappa shape index (κ2) is 9.38. The molecule has 0 aliphatic rings. The minimum Gasteiger partial charge on any atom is -0.490 e. The second-order valence-electron chi connectivity index (χ2n) is 5.14. The number of hydrogen-bond acceptors (Lipinski definition) is 3. The van der Waals surface area contributed by atoms with Crippen LogP contribution in [0.1, 0.15) is 25.0 Å². The lowest BCUT2D eigenvalue weighted by Gasteiger charge is -2.16. The average Bonchev–Trinajstić information content (AvgIpc) is 2.54. The molecule has 0 bridgehead atoms. The summed E-state index contributed by atoms with van der Waals surface area (Å²) in [5.41, 5.74) is 1.87. The standard InChI is InChI=1S/C18H20Cl3NO2/c1-3-22-10-12-7-16(21)18(17(8-12)23-4-2)24-11-13-5-6-14(19)9-15(13)20/h5-9,22H,3-4,10-11H2,1-2H3. The number of benzene rings is 2. The Balaban J connectivity index is 2.21. The molecule has 0 amide bonds. The lowest BCUT2D eigenvalue weighted by molar-refractivity contribution is 0.269. The Bertz CT molecular complexity index is 692. The Kier molecular flexibility index (Phi) is 7.50. The van der Waals surface area contributed by atoms with E-state index in [2.05, 4.69) is 12.2 Å². The van der Waals surface area contributed by atoms with E-state index in [1.165, 1.54) is 0 Å². The van der Waals surface area contributed by atoms with Crippen molar-refractivity contribution < 1.29 is 9.47 Å². The predicted octanol–water partition coefficient (Wildman–Crippen LogP) is 5.73. The fraction of sp³-hybridized carbons (Fsp3) is 0.333. The van der Waals surface area contributed by atoms with E-state index in [4.69, 9.17) is 44.3 Å². The van der Waals surface area contributed by atoms with Crippen molar-refractivity contribution in [1.82, 2.24) is 5.32 Å². The molecule has 0 aromatic heterocycles. The van der Waals surface area contributed by atoms with Gasteiger partial charge in [0.25, 0.3) is 0 Å². The Morgan fingerprint density at radius 2 is 1.75 bits per heavy atom. The zero-order chi connectivity index (χ0) is 17.5. The molecule has 2 aromatic rings. The highest BCUT2D eigenvalue weighted by atomic mass is 35.5. The maximum Gasteiger partial charge on any atom is 0.180 e. The van der Waals surface area contributed by atoms with Gasteiger partial charge in [-0.05, 0) is 43.3 Å². The zero-order valence-electron chi connectivity index (χ0n) is 13.7. The van der Waals surface area contributed by atoms with E-state index in [-0.39, 0.29) is 6.61 Å². The highest BCUT2D eigenvalue weighted by Gasteiger charge is 2.13. The van der Waals surface area contributed by atoms with Gasteiger partial charge >= 0.3 is 0 Å². The molecule has 0 saturated carbocycles. The molecule has 0 aliphatic carbocycles. The topological polar surface area (TPSA) is 30.5 Å². The first-order chi connectivity index (χ1) is 11.5. The monoisotopic (exact) mass is 387 g/mol. The molecular formula is C18H20Cl3NO2. The van der Waals surface area contributed by atoms with Gasteiger partial charge in [-0.3, -0.25) is 0 Å². The Hall–Kier alpha value is -1.13. The summed E-state index contributed by atoms with van der Waals surface area (Å²) in [5, 5.41) is 4.92. The summed E-state index contributed by atoms with van der Waals surface area (Å²) in [4.78, 5) is 0. The lowest BCUT2D eigenvalue weighted by atomic mass is 10.2. The van der Waals surface area contributed by atoms with Gasteiger partial charge in [-0.2, -0.15) is 0 Å². The Labute approximate surface area is 157 Å². The van der Waals surface area contributed by atoms with Crippen LogP contribution < -0.4 is 14.8 Å². The Morgan fingerprint density at radius 3 is 2.42 bits per heavy atom. The smallest absolute Gasteiger partial charge is 0.180 e. The number of ether oxygens (including phenoxy) is 2. The van der Waals surface area contributed by atoms with Crippen molar-refractivity contribution in [2.24, 2.45) is 0 Å². The van der Waals surface area contributed by atoms with Crippen LogP contribution in [0.2, 0.25) is 15.1 Å². The summed E-state index contributed by atoms with van der Waals surface area (Å²) in [6.45, 7) is 6.39. The van der Waals surface area contributed by atoms with Crippen LogP contribution in [0, 0.1) is 0 Å². The molecular weight excluding hydrogens is 369 g/mol. The van der Waals surface area contributed by atoms with Crippen LogP contribution in [0.5, 0.6) is 11.5 Å². The van der Waals surface area contributed by atoms with E-state index in [1.807, 2.05) is 25.1 Å². The zero-order valence-corrected chi connectivity index (χ0v) is 15.9. The minimum absolute atomic E-state index is 0.280. The van der Waals surface area contributed by atoms with Crippen molar-refractivity contribution in [1.29, 1.82) is 0 Å². The van der Waals surface area contributed by atoms with Gasteiger partial charge in [0.05, 0.1) is 11.6 Å². The molecule has 1 N–H and O–H groups in total. The van der Waals surface area contributed by atoms with Crippen LogP contribution >= 0.6 is 34.8 Å². The molecule has 0 heterocycles. The van der Waals surface area contributed by atoms with Crippen LogP contribution in [0.25, 0.3) is 0 Å². The van der Waals surface area contributed by atoms with Gasteiger partial charge in [-0.25, -0.2) is 0 Å². The maximum atomic E-state index is 6.39. The van der Waals surface area contributed by atoms with Gasteiger partial charge in [-0.1, -0.05) is 47.8 Å². The van der Waals surface area contributed by atoms with Crippen LogP contribution in [0.15, 0.2) is 30.3 Å². The third-order valence-electron chi connectivity index (χ3n) is 3.34. The molecule has 0 radical (unpaired) electrons. The fourth-order valence-electron chi connectivity index (χ4n) is 2.18. The van der Waals surface area contributed by atoms with E-state index < -0.39 is 0 Å². The number of rotatable bonds is 8. The summed E-state index contributed by atoms with van der Waals surface area (Å²) in [7, 11) is 0. The largest absolute Gasteiger partial charge is 0.490 e. The molecule has 0 fully saturated rings. The van der Waals surface area contributed by atoms with E-state index >= 15 is 0 Å². The van der Waals surface area contributed by atoms with Gasteiger partial charge in [0, 0.05) is 22.2 Å². The van der Waals surface area contributed by atoms with Crippen molar-refractivity contribution in [2.75, 3.05) is 13.2 Å². The van der Waals surface area contributed by atoms with Crippen molar-refractivity contribution in [3.05, 3.63) is 56.5 Å². The van der Waals surface area contributed by atoms with Crippen molar-refractivity contribution >= 4 is 34.8 Å². The van der Waals surface area contributed by atoms with Gasteiger partial charge in [-0.15, -0.1) is 0 Å². The molecule has 0 aliphatic heterocycles. The quantitative estimate of drug-likeness (QED) is 0.626. The van der Waals surface area contributed by atoms with E-state index in [1.54, 1.807) is 12.1 Å². The predicted molar refractivity (Wildman–Crippen MR) is 101 cm³/mol. The summed E-state index contributed by atoms with van der Waals surface area (Å²) >= 11 is 18.5. The third kappa shape index (κ3) is 5.18. The van der Waals surface area contributed by atoms with Crippen LogP contribution in [0.3, 0.4) is 0 Å². The van der Waals surface area contributed by atoms with Crippen LogP contribution in [0.4, 0.5) is 0 Å². The first kappa shape index (κ1) is 19.2. The number of halogens is 3. The maximum absolute atomic E-state index is 6.39. The van der Waals surface area contributed by atoms with Crippen molar-refractivity contribution in [3.63, 3.8) is 0 Å². The summed E-state index contributed by atoms with van der Waals surface area (Å²) in [6, 6.07) is 9.12. The normalized spacial score (nSPS) is 10.7. The molecule has 0 spiro atoms. The second-order valence-corrected chi connectivity index (χ2v) is 6.39. The van der Waals surface area contributed by atoms with Crippen LogP contribution in [-0.2, 0) is 13.2 Å². The van der Waals surface area contributed by atoms with Gasteiger partial charge in [0.1, 0.15) is 6.61 Å². The summed E-state index contributed by atoms with van der Waals surface area (Å²) in [5.74, 6) is 1.15. The molecule has 2 rings (SSSR count).